The number of nitrogens with one attached hydrogen (secondary N) is 2. The van der Waals surface area contributed by atoms with Crippen molar-refractivity contribution in [3.63, 3.8) is 0 Å². The summed E-state index contributed by atoms with van der Waals surface area (Å²) in [5, 5.41) is 11.2. The summed E-state index contributed by atoms with van der Waals surface area (Å²) in [6.07, 6.45) is 2.88. The Labute approximate surface area is 135 Å². The fourth-order valence-corrected chi connectivity index (χ4v) is 3.28. The predicted octanol–water partition coefficient (Wildman–Crippen LogP) is 1.11. The van der Waals surface area contributed by atoms with Crippen LogP contribution in [0.4, 0.5) is 0 Å². The molecule has 1 aliphatic carbocycles. The van der Waals surface area contributed by atoms with E-state index in [2.05, 4.69) is 10.0 Å². The molecule has 0 radical (unpaired) electrons. The third-order valence-corrected chi connectivity index (χ3v) is 4.97. The molecule has 126 valence electrons. The van der Waals surface area contributed by atoms with E-state index in [1.54, 1.807) is 0 Å². The van der Waals surface area contributed by atoms with E-state index < -0.39 is 16.0 Å². The fraction of sp³-hybridized carbons (Fsp3) is 0.467. The average Bonchev–Trinajstić information content (AvgIpc) is 3.30. The Morgan fingerprint density at radius 1 is 1.13 bits per heavy atom. The number of hydrogen-bond acceptors (Lipinski definition) is 4. The second-order valence-corrected chi connectivity index (χ2v) is 7.24. The minimum absolute atomic E-state index is 0.0359. The Kier molecular flexibility index (Phi) is 5.73. The standard InChI is InChI=1S/C15H20N2O5S/c18-14(19)3-1-2-10-16-15(20)11-4-8-13(9-5-11)23(21,22)17-12-6-7-12/h4-5,8-9,12,17H,1-3,6-7,10H2,(H,16,20)(H,18,19). The maximum absolute atomic E-state index is 12.0. The number of carboxylic acid groups (broad SMARTS) is 1. The van der Waals surface area contributed by atoms with Crippen molar-refractivity contribution in [2.75, 3.05) is 6.54 Å². The molecule has 0 saturated heterocycles. The van der Waals surface area contributed by atoms with E-state index in [1.807, 2.05) is 0 Å². The van der Waals surface area contributed by atoms with E-state index in [0.29, 0.717) is 24.9 Å². The summed E-state index contributed by atoms with van der Waals surface area (Å²) in [7, 11) is -3.51. The minimum atomic E-state index is -3.51. The van der Waals surface area contributed by atoms with Crippen molar-refractivity contribution in [1.82, 2.24) is 10.0 Å². The molecule has 1 saturated carbocycles. The Morgan fingerprint density at radius 3 is 2.35 bits per heavy atom. The number of sulfonamides is 1. The van der Waals surface area contributed by atoms with Crippen molar-refractivity contribution in [1.29, 1.82) is 0 Å². The van der Waals surface area contributed by atoms with E-state index in [9.17, 15) is 18.0 Å². The van der Waals surface area contributed by atoms with Crippen LogP contribution < -0.4 is 10.0 Å². The number of aliphatic carboxylic acids is 1. The Morgan fingerprint density at radius 2 is 1.78 bits per heavy atom. The third kappa shape index (κ3) is 5.65. The van der Waals surface area contributed by atoms with Crippen LogP contribution in [-0.2, 0) is 14.8 Å². The highest BCUT2D eigenvalue weighted by molar-refractivity contribution is 7.89. The van der Waals surface area contributed by atoms with Crippen LogP contribution in [0, 0.1) is 0 Å². The summed E-state index contributed by atoms with van der Waals surface area (Å²) in [4.78, 5) is 22.4. The van der Waals surface area contributed by atoms with Gasteiger partial charge in [0.2, 0.25) is 10.0 Å². The highest BCUT2D eigenvalue weighted by atomic mass is 32.2. The molecule has 8 heteroatoms. The lowest BCUT2D eigenvalue weighted by molar-refractivity contribution is -0.137. The van der Waals surface area contributed by atoms with Crippen LogP contribution in [-0.4, -0.2) is 38.0 Å². The molecule has 0 atom stereocenters. The molecule has 1 amide bonds. The number of carbonyl (C=O) groups is 2. The number of carbonyl (C=O) groups excluding carboxylic acids is 1. The highest BCUT2D eigenvalue weighted by Gasteiger charge is 2.27. The zero-order chi connectivity index (χ0) is 16.9. The normalized spacial score (nSPS) is 14.4. The number of hydrogen-bond donors (Lipinski definition) is 3. The molecule has 23 heavy (non-hydrogen) atoms. The largest absolute Gasteiger partial charge is 0.481 e. The van der Waals surface area contributed by atoms with E-state index in [1.165, 1.54) is 24.3 Å². The van der Waals surface area contributed by atoms with Gasteiger partial charge < -0.3 is 10.4 Å². The summed E-state index contributed by atoms with van der Waals surface area (Å²) in [6, 6.07) is 5.78. The van der Waals surface area contributed by atoms with Gasteiger partial charge in [-0.05, 0) is 49.9 Å². The maximum atomic E-state index is 12.0. The van der Waals surface area contributed by atoms with Gasteiger partial charge in [-0.15, -0.1) is 0 Å². The van der Waals surface area contributed by atoms with E-state index in [-0.39, 0.29) is 23.3 Å². The number of carboxylic acids is 1. The Balaban J connectivity index is 1.83. The van der Waals surface area contributed by atoms with Gasteiger partial charge >= 0.3 is 5.97 Å². The maximum Gasteiger partial charge on any atom is 0.303 e. The SMILES string of the molecule is O=C(O)CCCCNC(=O)c1ccc(S(=O)(=O)NC2CC2)cc1. The van der Waals surface area contributed by atoms with Crippen molar-refractivity contribution < 1.29 is 23.1 Å². The molecular formula is C15H20N2O5S. The van der Waals surface area contributed by atoms with Crippen LogP contribution in [0.2, 0.25) is 0 Å². The molecule has 0 bridgehead atoms. The van der Waals surface area contributed by atoms with Gasteiger partial charge in [-0.2, -0.15) is 0 Å². The van der Waals surface area contributed by atoms with Crippen LogP contribution in [0.15, 0.2) is 29.2 Å². The second kappa shape index (κ2) is 7.56. The first-order chi connectivity index (χ1) is 10.9. The van der Waals surface area contributed by atoms with Gasteiger partial charge in [0.15, 0.2) is 0 Å². The van der Waals surface area contributed by atoms with Gasteiger partial charge in [-0.3, -0.25) is 9.59 Å². The van der Waals surface area contributed by atoms with Gasteiger partial charge in [0.1, 0.15) is 0 Å². The zero-order valence-electron chi connectivity index (χ0n) is 12.6. The Hall–Kier alpha value is -1.93. The number of rotatable bonds is 9. The minimum Gasteiger partial charge on any atom is -0.481 e. The van der Waals surface area contributed by atoms with Gasteiger partial charge in [0, 0.05) is 24.6 Å². The topological polar surface area (TPSA) is 113 Å². The first-order valence-corrected chi connectivity index (χ1v) is 8.99. The highest BCUT2D eigenvalue weighted by Crippen LogP contribution is 2.22. The number of amides is 1. The van der Waals surface area contributed by atoms with Crippen molar-refractivity contribution in [2.45, 2.75) is 43.0 Å². The molecule has 0 heterocycles. The van der Waals surface area contributed by atoms with E-state index in [4.69, 9.17) is 5.11 Å². The smallest absolute Gasteiger partial charge is 0.303 e. The Bertz CT molecular complexity index is 666. The van der Waals surface area contributed by atoms with Gasteiger partial charge in [-0.1, -0.05) is 0 Å². The number of unbranched alkanes of at least 4 members (excludes halogenated alkanes) is 1. The first-order valence-electron chi connectivity index (χ1n) is 7.51. The molecule has 7 nitrogen and oxygen atoms in total. The molecule has 3 N–H and O–H groups in total. The van der Waals surface area contributed by atoms with Gasteiger partial charge in [0.05, 0.1) is 4.90 Å². The van der Waals surface area contributed by atoms with Crippen molar-refractivity contribution >= 4 is 21.9 Å². The van der Waals surface area contributed by atoms with Crippen LogP contribution >= 0.6 is 0 Å². The molecule has 0 aliphatic heterocycles. The molecule has 2 rings (SSSR count). The van der Waals surface area contributed by atoms with Crippen LogP contribution in [0.25, 0.3) is 0 Å². The molecule has 0 spiro atoms. The van der Waals surface area contributed by atoms with Gasteiger partial charge in [-0.25, -0.2) is 13.1 Å². The molecule has 1 aromatic rings. The quantitative estimate of drug-likeness (QED) is 0.583. The second-order valence-electron chi connectivity index (χ2n) is 5.53. The monoisotopic (exact) mass is 340 g/mol. The lowest BCUT2D eigenvalue weighted by Crippen LogP contribution is -2.26. The van der Waals surface area contributed by atoms with Gasteiger partial charge in [0.25, 0.3) is 5.91 Å². The van der Waals surface area contributed by atoms with E-state index in [0.717, 1.165) is 12.8 Å². The third-order valence-electron chi connectivity index (χ3n) is 3.43. The molecular weight excluding hydrogens is 320 g/mol. The summed E-state index contributed by atoms with van der Waals surface area (Å²) in [6.45, 7) is 0.384. The molecule has 0 aromatic heterocycles. The number of benzene rings is 1. The predicted molar refractivity (Wildman–Crippen MR) is 83.6 cm³/mol. The van der Waals surface area contributed by atoms with Crippen LogP contribution in [0.3, 0.4) is 0 Å². The lowest BCUT2D eigenvalue weighted by Gasteiger charge is -2.07. The summed E-state index contributed by atoms with van der Waals surface area (Å²) in [5.41, 5.74) is 0.369. The first kappa shape index (κ1) is 17.4. The molecule has 1 aromatic carbocycles. The zero-order valence-corrected chi connectivity index (χ0v) is 13.4. The summed E-state index contributed by atoms with van der Waals surface area (Å²) < 4.78 is 26.6. The lowest BCUT2D eigenvalue weighted by atomic mass is 10.2. The summed E-state index contributed by atoms with van der Waals surface area (Å²) in [5.74, 6) is -1.16. The van der Waals surface area contributed by atoms with Crippen molar-refractivity contribution in [3.05, 3.63) is 29.8 Å². The van der Waals surface area contributed by atoms with Crippen molar-refractivity contribution in [3.8, 4) is 0 Å². The molecule has 1 fully saturated rings. The van der Waals surface area contributed by atoms with Crippen LogP contribution in [0.1, 0.15) is 42.5 Å². The van der Waals surface area contributed by atoms with Crippen molar-refractivity contribution in [2.24, 2.45) is 0 Å². The molecule has 0 unspecified atom stereocenters. The van der Waals surface area contributed by atoms with E-state index >= 15 is 0 Å². The molecule has 1 aliphatic rings. The van der Waals surface area contributed by atoms with Crippen LogP contribution in [0.5, 0.6) is 0 Å². The average molecular weight is 340 g/mol. The fourth-order valence-electron chi connectivity index (χ4n) is 1.98. The summed E-state index contributed by atoms with van der Waals surface area (Å²) >= 11 is 0.